The van der Waals surface area contributed by atoms with Crippen LogP contribution in [0.25, 0.3) is 0 Å². The molecule has 1 aromatic rings. The highest BCUT2D eigenvalue weighted by molar-refractivity contribution is 6.41. The maximum atomic E-state index is 5.93. The number of halogens is 2. The van der Waals surface area contributed by atoms with Gasteiger partial charge >= 0.3 is 0 Å². The van der Waals surface area contributed by atoms with Gasteiger partial charge in [-0.25, -0.2) is 0 Å². The molecule has 1 aromatic heterocycles. The Bertz CT molecular complexity index is 429. The van der Waals surface area contributed by atoms with E-state index in [2.05, 4.69) is 10.3 Å². The van der Waals surface area contributed by atoms with E-state index in [1.54, 1.807) is 12.1 Å². The van der Waals surface area contributed by atoms with Crippen LogP contribution in [0.2, 0.25) is 10.2 Å². The molecule has 0 amide bonds. The lowest BCUT2D eigenvalue weighted by molar-refractivity contribution is 0.0890. The molecule has 3 heterocycles. The van der Waals surface area contributed by atoms with E-state index in [-0.39, 0.29) is 6.10 Å². The molecule has 2 saturated heterocycles. The Morgan fingerprint density at radius 1 is 1.17 bits per heavy atom. The van der Waals surface area contributed by atoms with Crippen LogP contribution in [0.3, 0.4) is 0 Å². The maximum absolute atomic E-state index is 5.93. The molecule has 2 bridgehead atoms. The number of ether oxygens (including phenoxy) is 1. The Balaban J connectivity index is 1.67. The molecule has 0 radical (unpaired) electrons. The van der Waals surface area contributed by atoms with Crippen LogP contribution in [0.1, 0.15) is 32.1 Å². The fraction of sp³-hybridized carbons (Fsp3) is 0.615. The molecule has 18 heavy (non-hydrogen) atoms. The van der Waals surface area contributed by atoms with Gasteiger partial charge < -0.3 is 10.1 Å². The van der Waals surface area contributed by atoms with Crippen molar-refractivity contribution in [3.8, 4) is 5.88 Å². The van der Waals surface area contributed by atoms with Gasteiger partial charge in [-0.3, -0.25) is 0 Å². The summed E-state index contributed by atoms with van der Waals surface area (Å²) in [5.41, 5.74) is 0. The van der Waals surface area contributed by atoms with Crippen molar-refractivity contribution in [3.05, 3.63) is 22.3 Å². The van der Waals surface area contributed by atoms with Gasteiger partial charge in [0.2, 0.25) is 5.88 Å². The minimum Gasteiger partial charge on any atom is -0.474 e. The fourth-order valence-electron chi connectivity index (χ4n) is 2.95. The lowest BCUT2D eigenvalue weighted by Crippen LogP contribution is -2.51. The molecule has 2 fully saturated rings. The predicted octanol–water partition coefficient (Wildman–Crippen LogP) is 3.44. The normalized spacial score (nSPS) is 31.1. The van der Waals surface area contributed by atoms with Crippen molar-refractivity contribution in [3.63, 3.8) is 0 Å². The third kappa shape index (κ3) is 2.73. The maximum Gasteiger partial charge on any atom is 0.215 e. The number of hydrogen-bond acceptors (Lipinski definition) is 3. The predicted molar refractivity (Wildman–Crippen MR) is 72.5 cm³/mol. The number of nitrogens with zero attached hydrogens (tertiary/aromatic N) is 1. The highest BCUT2D eigenvalue weighted by atomic mass is 35.5. The Kier molecular flexibility index (Phi) is 3.64. The van der Waals surface area contributed by atoms with Gasteiger partial charge in [-0.2, -0.15) is 4.98 Å². The number of pyridine rings is 1. The van der Waals surface area contributed by atoms with E-state index in [1.807, 2.05) is 0 Å². The monoisotopic (exact) mass is 286 g/mol. The smallest absolute Gasteiger partial charge is 0.215 e. The second kappa shape index (κ2) is 5.24. The van der Waals surface area contributed by atoms with Crippen molar-refractivity contribution in [2.45, 2.75) is 50.3 Å². The SMILES string of the molecule is Clc1ccc(OC2C[C@H]3CCC[C@@H](C2)N3)nc1Cl. The van der Waals surface area contributed by atoms with Crippen LogP contribution < -0.4 is 10.1 Å². The molecule has 0 aliphatic carbocycles. The van der Waals surface area contributed by atoms with E-state index in [4.69, 9.17) is 27.9 Å². The Labute approximate surface area is 117 Å². The summed E-state index contributed by atoms with van der Waals surface area (Å²) in [6.07, 6.45) is 6.19. The van der Waals surface area contributed by atoms with E-state index in [9.17, 15) is 0 Å². The van der Waals surface area contributed by atoms with Crippen LogP contribution in [0.15, 0.2) is 12.1 Å². The van der Waals surface area contributed by atoms with Crippen molar-refractivity contribution in [1.29, 1.82) is 0 Å². The number of aromatic nitrogens is 1. The number of nitrogens with one attached hydrogen (secondary N) is 1. The summed E-state index contributed by atoms with van der Waals surface area (Å²) in [6.45, 7) is 0. The topological polar surface area (TPSA) is 34.1 Å². The molecule has 0 saturated carbocycles. The van der Waals surface area contributed by atoms with Crippen molar-refractivity contribution in [2.24, 2.45) is 0 Å². The summed E-state index contributed by atoms with van der Waals surface area (Å²) in [5.74, 6) is 0.578. The van der Waals surface area contributed by atoms with Crippen LogP contribution >= 0.6 is 23.2 Å². The number of fused-ring (bicyclic) bond motifs is 2. The molecule has 0 aromatic carbocycles. The summed E-state index contributed by atoms with van der Waals surface area (Å²) in [4.78, 5) is 4.15. The fourth-order valence-corrected chi connectivity index (χ4v) is 3.20. The third-order valence-corrected chi connectivity index (χ3v) is 4.43. The van der Waals surface area contributed by atoms with Crippen LogP contribution in [-0.2, 0) is 0 Å². The van der Waals surface area contributed by atoms with Gasteiger partial charge in [-0.1, -0.05) is 29.6 Å². The van der Waals surface area contributed by atoms with Gasteiger partial charge in [0, 0.05) is 18.2 Å². The molecule has 3 nitrogen and oxygen atoms in total. The standard InChI is InChI=1S/C13H16Cl2N2O/c14-11-4-5-12(17-13(11)15)18-10-6-8-2-1-3-9(7-10)16-8/h4-5,8-10,16H,1-3,6-7H2/t8-,9+,10?. The summed E-state index contributed by atoms with van der Waals surface area (Å²) in [5, 5.41) is 4.41. The van der Waals surface area contributed by atoms with Crippen LogP contribution in [0.4, 0.5) is 0 Å². The largest absolute Gasteiger partial charge is 0.474 e. The number of piperidine rings is 2. The van der Waals surface area contributed by atoms with E-state index in [0.29, 0.717) is 28.1 Å². The molecule has 1 unspecified atom stereocenters. The quantitative estimate of drug-likeness (QED) is 0.846. The molecular weight excluding hydrogens is 271 g/mol. The van der Waals surface area contributed by atoms with Gasteiger partial charge in [0.25, 0.3) is 0 Å². The van der Waals surface area contributed by atoms with Gasteiger partial charge in [0.1, 0.15) is 6.10 Å². The first-order valence-corrected chi connectivity index (χ1v) is 7.21. The molecule has 3 atom stereocenters. The lowest BCUT2D eigenvalue weighted by atomic mass is 9.85. The van der Waals surface area contributed by atoms with E-state index < -0.39 is 0 Å². The second-order valence-corrected chi connectivity index (χ2v) is 5.89. The van der Waals surface area contributed by atoms with Crippen molar-refractivity contribution >= 4 is 23.2 Å². The van der Waals surface area contributed by atoms with Gasteiger partial charge in [0.05, 0.1) is 5.02 Å². The minimum atomic E-state index is 0.242. The molecule has 1 N–H and O–H groups in total. The van der Waals surface area contributed by atoms with Crippen molar-refractivity contribution in [2.75, 3.05) is 0 Å². The average Bonchev–Trinajstić information content (AvgIpc) is 2.33. The first-order chi connectivity index (χ1) is 8.70. The summed E-state index contributed by atoms with van der Waals surface area (Å²) in [6, 6.07) is 4.72. The van der Waals surface area contributed by atoms with Crippen LogP contribution in [0.5, 0.6) is 5.88 Å². The Morgan fingerprint density at radius 3 is 2.56 bits per heavy atom. The molecular formula is C13H16Cl2N2O. The average molecular weight is 287 g/mol. The molecule has 5 heteroatoms. The van der Waals surface area contributed by atoms with E-state index in [0.717, 1.165) is 12.8 Å². The molecule has 3 rings (SSSR count). The molecule has 0 spiro atoms. The minimum absolute atomic E-state index is 0.242. The Morgan fingerprint density at radius 2 is 1.89 bits per heavy atom. The summed E-state index contributed by atoms with van der Waals surface area (Å²) >= 11 is 11.7. The van der Waals surface area contributed by atoms with Crippen LogP contribution in [0, 0.1) is 0 Å². The zero-order valence-electron chi connectivity index (χ0n) is 10.0. The molecule has 2 aliphatic heterocycles. The highest BCUT2D eigenvalue weighted by Gasteiger charge is 2.32. The highest BCUT2D eigenvalue weighted by Crippen LogP contribution is 2.29. The number of rotatable bonds is 2. The van der Waals surface area contributed by atoms with Crippen molar-refractivity contribution < 1.29 is 4.74 Å². The Hall–Kier alpha value is -0.510. The van der Waals surface area contributed by atoms with Crippen LogP contribution in [-0.4, -0.2) is 23.2 Å². The second-order valence-electron chi connectivity index (χ2n) is 5.12. The molecule has 2 aliphatic rings. The first kappa shape index (κ1) is 12.5. The van der Waals surface area contributed by atoms with Gasteiger partial charge in [-0.15, -0.1) is 0 Å². The zero-order valence-corrected chi connectivity index (χ0v) is 11.5. The van der Waals surface area contributed by atoms with E-state index >= 15 is 0 Å². The first-order valence-electron chi connectivity index (χ1n) is 6.45. The lowest BCUT2D eigenvalue weighted by Gasteiger charge is -2.40. The summed E-state index contributed by atoms with van der Waals surface area (Å²) in [7, 11) is 0. The van der Waals surface area contributed by atoms with Gasteiger partial charge in [-0.05, 0) is 31.7 Å². The van der Waals surface area contributed by atoms with E-state index in [1.165, 1.54) is 19.3 Å². The number of hydrogen-bond donors (Lipinski definition) is 1. The molecule has 98 valence electrons. The van der Waals surface area contributed by atoms with Gasteiger partial charge in [0.15, 0.2) is 5.15 Å². The zero-order chi connectivity index (χ0) is 12.5. The summed E-state index contributed by atoms with van der Waals surface area (Å²) < 4.78 is 5.93. The third-order valence-electron chi connectivity index (χ3n) is 3.74. The van der Waals surface area contributed by atoms with Crippen molar-refractivity contribution in [1.82, 2.24) is 10.3 Å².